The summed E-state index contributed by atoms with van der Waals surface area (Å²) in [5.41, 5.74) is 3.16. The van der Waals surface area contributed by atoms with Gasteiger partial charge in [-0.3, -0.25) is 15.1 Å². The predicted octanol–water partition coefficient (Wildman–Crippen LogP) is 4.83. The van der Waals surface area contributed by atoms with E-state index < -0.39 is 18.1 Å². The number of nitrogens with one attached hydrogen (secondary N) is 1. The van der Waals surface area contributed by atoms with Crippen LogP contribution in [-0.2, 0) is 5.60 Å². The Morgan fingerprint density at radius 3 is 2.60 bits per heavy atom. The van der Waals surface area contributed by atoms with Gasteiger partial charge in [0.05, 0.1) is 11.4 Å². The zero-order chi connectivity index (χ0) is 21.3. The van der Waals surface area contributed by atoms with Gasteiger partial charge >= 0.3 is 0 Å². The van der Waals surface area contributed by atoms with Gasteiger partial charge in [0.25, 0.3) is 0 Å². The van der Waals surface area contributed by atoms with Crippen molar-refractivity contribution in [3.8, 4) is 33.8 Å². The highest BCUT2D eigenvalue weighted by atomic mass is 19.1. The molecule has 0 aliphatic rings. The molecule has 3 aromatic heterocycles. The van der Waals surface area contributed by atoms with Gasteiger partial charge in [-0.2, -0.15) is 5.10 Å². The van der Waals surface area contributed by atoms with Crippen LogP contribution >= 0.6 is 0 Å². The van der Waals surface area contributed by atoms with Crippen LogP contribution in [0.3, 0.4) is 0 Å². The van der Waals surface area contributed by atoms with Gasteiger partial charge in [0.1, 0.15) is 23.8 Å². The molecule has 0 amide bonds. The molecule has 0 bridgehead atoms. The normalized spacial score (nSPS) is 13.2. The van der Waals surface area contributed by atoms with Gasteiger partial charge in [-0.05, 0) is 49.7 Å². The summed E-state index contributed by atoms with van der Waals surface area (Å²) >= 11 is 0. The Morgan fingerprint density at radius 2 is 1.90 bits per heavy atom. The summed E-state index contributed by atoms with van der Waals surface area (Å²) in [7, 11) is 0. The molecular formula is C23H20F2N4O. The molecule has 2 N–H and O–H groups in total. The maximum Gasteiger partial charge on any atom is 0.132 e. The number of pyridine rings is 2. The van der Waals surface area contributed by atoms with E-state index in [1.54, 1.807) is 30.5 Å². The Balaban J connectivity index is 1.75. The third-order valence-electron chi connectivity index (χ3n) is 4.97. The average Bonchev–Trinajstić information content (AvgIpc) is 3.24. The van der Waals surface area contributed by atoms with E-state index in [2.05, 4.69) is 20.2 Å². The molecule has 1 unspecified atom stereocenters. The Labute approximate surface area is 172 Å². The quantitative estimate of drug-likeness (QED) is 0.498. The first-order valence-corrected chi connectivity index (χ1v) is 9.42. The lowest BCUT2D eigenvalue weighted by atomic mass is 9.97. The minimum atomic E-state index is -1.63. The SMILES string of the molecule is Cc1cccc(-c2n[nH]cc2-c2ccc(F)c(-c3ccc(C(C)(O)CF)cn3)c2)n1. The van der Waals surface area contributed by atoms with Crippen molar-refractivity contribution in [1.29, 1.82) is 0 Å². The van der Waals surface area contributed by atoms with Crippen LogP contribution in [0.25, 0.3) is 33.8 Å². The number of benzene rings is 1. The third kappa shape index (κ3) is 3.71. The second-order valence-corrected chi connectivity index (χ2v) is 7.35. The number of aromatic nitrogens is 4. The fraction of sp³-hybridized carbons (Fsp3) is 0.174. The van der Waals surface area contributed by atoms with Gasteiger partial charge in [0.2, 0.25) is 0 Å². The summed E-state index contributed by atoms with van der Waals surface area (Å²) in [5.74, 6) is -0.435. The number of aryl methyl sites for hydroxylation is 1. The van der Waals surface area contributed by atoms with E-state index in [4.69, 9.17) is 0 Å². The van der Waals surface area contributed by atoms with Crippen LogP contribution in [0.15, 0.2) is 60.9 Å². The van der Waals surface area contributed by atoms with Crippen LogP contribution in [-0.4, -0.2) is 31.9 Å². The number of H-pyrrole nitrogens is 1. The number of hydrogen-bond donors (Lipinski definition) is 2. The number of hydrogen-bond acceptors (Lipinski definition) is 4. The molecule has 152 valence electrons. The molecule has 0 spiro atoms. The van der Waals surface area contributed by atoms with Crippen molar-refractivity contribution in [1.82, 2.24) is 20.2 Å². The lowest BCUT2D eigenvalue weighted by molar-refractivity contribution is 0.0297. The Hall–Kier alpha value is -3.45. The van der Waals surface area contributed by atoms with Gasteiger partial charge in [-0.15, -0.1) is 0 Å². The summed E-state index contributed by atoms with van der Waals surface area (Å²) in [5, 5.41) is 17.2. The van der Waals surface area contributed by atoms with Crippen molar-refractivity contribution in [3.05, 3.63) is 78.0 Å². The molecule has 5 nitrogen and oxygen atoms in total. The number of halogens is 2. The molecule has 1 atom stereocenters. The van der Waals surface area contributed by atoms with E-state index in [1.165, 1.54) is 19.2 Å². The van der Waals surface area contributed by atoms with Gasteiger partial charge in [0.15, 0.2) is 0 Å². The molecule has 0 saturated heterocycles. The van der Waals surface area contributed by atoms with Crippen molar-refractivity contribution >= 4 is 0 Å². The van der Waals surface area contributed by atoms with Crippen molar-refractivity contribution in [2.75, 3.05) is 6.67 Å². The van der Waals surface area contributed by atoms with Gasteiger partial charge < -0.3 is 5.11 Å². The Morgan fingerprint density at radius 1 is 1.07 bits per heavy atom. The van der Waals surface area contributed by atoms with Crippen LogP contribution in [0.4, 0.5) is 8.78 Å². The Bertz CT molecular complexity index is 1190. The van der Waals surface area contributed by atoms with Crippen molar-refractivity contribution in [2.45, 2.75) is 19.4 Å². The minimum absolute atomic E-state index is 0.295. The standard InChI is InChI=1S/C23H20F2N4O/c1-14-4-3-5-21(28-14)22-18(12-27-29-22)15-6-8-19(25)17(10-15)20-9-7-16(11-26-20)23(2,30)13-24/h3-12,30H,13H2,1-2H3,(H,27,29). The number of aliphatic hydroxyl groups is 1. The van der Waals surface area contributed by atoms with Crippen LogP contribution < -0.4 is 0 Å². The summed E-state index contributed by atoms with van der Waals surface area (Å²) < 4.78 is 27.6. The van der Waals surface area contributed by atoms with Gasteiger partial charge in [0, 0.05) is 34.8 Å². The van der Waals surface area contributed by atoms with E-state index >= 15 is 0 Å². The van der Waals surface area contributed by atoms with Gasteiger partial charge in [-0.1, -0.05) is 18.2 Å². The van der Waals surface area contributed by atoms with E-state index in [0.717, 1.165) is 16.8 Å². The number of alkyl halides is 1. The van der Waals surface area contributed by atoms with Crippen LogP contribution in [0.5, 0.6) is 0 Å². The lowest BCUT2D eigenvalue weighted by Crippen LogP contribution is -2.23. The first-order chi connectivity index (χ1) is 14.4. The van der Waals surface area contributed by atoms with Gasteiger partial charge in [-0.25, -0.2) is 8.78 Å². The van der Waals surface area contributed by atoms with Crippen molar-refractivity contribution in [2.24, 2.45) is 0 Å². The molecule has 4 rings (SSSR count). The van der Waals surface area contributed by atoms with Crippen molar-refractivity contribution in [3.63, 3.8) is 0 Å². The van der Waals surface area contributed by atoms with E-state index in [9.17, 15) is 13.9 Å². The highest BCUT2D eigenvalue weighted by Gasteiger charge is 2.23. The highest BCUT2D eigenvalue weighted by Crippen LogP contribution is 2.33. The summed E-state index contributed by atoms with van der Waals surface area (Å²) in [6.07, 6.45) is 3.10. The summed E-state index contributed by atoms with van der Waals surface area (Å²) in [6, 6.07) is 13.5. The third-order valence-corrected chi connectivity index (χ3v) is 4.97. The fourth-order valence-corrected chi connectivity index (χ4v) is 3.22. The zero-order valence-electron chi connectivity index (χ0n) is 16.5. The molecule has 0 aliphatic heterocycles. The highest BCUT2D eigenvalue weighted by molar-refractivity contribution is 5.81. The molecule has 0 saturated carbocycles. The maximum atomic E-state index is 14.6. The fourth-order valence-electron chi connectivity index (χ4n) is 3.22. The number of nitrogens with zero attached hydrogens (tertiary/aromatic N) is 3. The van der Waals surface area contributed by atoms with Crippen LogP contribution in [0, 0.1) is 12.7 Å². The first kappa shape index (κ1) is 19.8. The molecular weight excluding hydrogens is 386 g/mol. The molecule has 7 heteroatoms. The van der Waals surface area contributed by atoms with Crippen LogP contribution in [0.2, 0.25) is 0 Å². The summed E-state index contributed by atoms with van der Waals surface area (Å²) in [6.45, 7) is 2.33. The van der Waals surface area contributed by atoms with Crippen LogP contribution in [0.1, 0.15) is 18.2 Å². The topological polar surface area (TPSA) is 74.7 Å². The second kappa shape index (κ2) is 7.76. The number of rotatable bonds is 5. The van der Waals surface area contributed by atoms with E-state index in [-0.39, 0.29) is 0 Å². The molecule has 4 aromatic rings. The first-order valence-electron chi connectivity index (χ1n) is 9.42. The zero-order valence-corrected chi connectivity index (χ0v) is 16.5. The number of aromatic amines is 1. The van der Waals surface area contributed by atoms with E-state index in [0.29, 0.717) is 28.2 Å². The monoisotopic (exact) mass is 406 g/mol. The predicted molar refractivity (Wildman–Crippen MR) is 111 cm³/mol. The Kier molecular flexibility index (Phi) is 5.13. The molecule has 0 radical (unpaired) electrons. The maximum absolute atomic E-state index is 14.6. The summed E-state index contributed by atoms with van der Waals surface area (Å²) in [4.78, 5) is 8.75. The average molecular weight is 406 g/mol. The largest absolute Gasteiger partial charge is 0.383 e. The smallest absolute Gasteiger partial charge is 0.132 e. The minimum Gasteiger partial charge on any atom is -0.383 e. The van der Waals surface area contributed by atoms with E-state index in [1.807, 2.05) is 25.1 Å². The second-order valence-electron chi connectivity index (χ2n) is 7.35. The molecule has 30 heavy (non-hydrogen) atoms. The van der Waals surface area contributed by atoms with Crippen molar-refractivity contribution < 1.29 is 13.9 Å². The molecule has 1 aromatic carbocycles. The molecule has 0 fully saturated rings. The lowest BCUT2D eigenvalue weighted by Gasteiger charge is -2.19. The molecule has 0 aliphatic carbocycles. The molecule has 3 heterocycles.